The zero-order valence-corrected chi connectivity index (χ0v) is 9.81. The van der Waals surface area contributed by atoms with E-state index in [1.54, 1.807) is 7.11 Å². The zero-order valence-electron chi connectivity index (χ0n) is 9.81. The lowest BCUT2D eigenvalue weighted by Crippen LogP contribution is -2.29. The van der Waals surface area contributed by atoms with Gasteiger partial charge in [0.05, 0.1) is 20.3 Å². The van der Waals surface area contributed by atoms with Crippen molar-refractivity contribution in [1.29, 1.82) is 0 Å². The average Bonchev–Trinajstić information content (AvgIpc) is 2.28. The van der Waals surface area contributed by atoms with E-state index < -0.39 is 0 Å². The Labute approximate surface area is 96.1 Å². The van der Waals surface area contributed by atoms with Gasteiger partial charge in [-0.15, -0.1) is 0 Å². The minimum absolute atomic E-state index is 0.0657. The number of aryl methyl sites for hydroxylation is 1. The molecule has 0 atom stereocenters. The largest absolute Gasteiger partial charge is 0.497 e. The van der Waals surface area contributed by atoms with Crippen molar-refractivity contribution in [3.8, 4) is 5.75 Å². The van der Waals surface area contributed by atoms with Crippen molar-refractivity contribution in [1.82, 2.24) is 0 Å². The summed E-state index contributed by atoms with van der Waals surface area (Å²) in [6.07, 6.45) is 0. The van der Waals surface area contributed by atoms with Gasteiger partial charge in [0, 0.05) is 24.8 Å². The molecule has 16 heavy (non-hydrogen) atoms. The molecule has 90 valence electrons. The Balaban J connectivity index is 2.93. The molecule has 0 amide bonds. The molecule has 1 rings (SSSR count). The summed E-state index contributed by atoms with van der Waals surface area (Å²) < 4.78 is 5.19. The number of benzene rings is 1. The number of ether oxygens (including phenoxy) is 1. The summed E-state index contributed by atoms with van der Waals surface area (Å²) in [6, 6.07) is 5.85. The maximum Gasteiger partial charge on any atom is 0.121 e. The first-order valence-corrected chi connectivity index (χ1v) is 5.33. The third kappa shape index (κ3) is 3.40. The Morgan fingerprint density at radius 2 is 1.75 bits per heavy atom. The summed E-state index contributed by atoms with van der Waals surface area (Å²) in [4.78, 5) is 1.93. The van der Waals surface area contributed by atoms with Crippen LogP contribution in [0.4, 0.5) is 5.69 Å². The SMILES string of the molecule is COc1cc(C)cc(N(CCO)CCO)c1. The van der Waals surface area contributed by atoms with Gasteiger partial charge >= 0.3 is 0 Å². The van der Waals surface area contributed by atoms with Gasteiger partial charge in [-0.2, -0.15) is 0 Å². The maximum absolute atomic E-state index is 8.97. The molecule has 0 saturated heterocycles. The fourth-order valence-electron chi connectivity index (χ4n) is 1.64. The third-order valence-corrected chi connectivity index (χ3v) is 2.38. The van der Waals surface area contributed by atoms with E-state index in [-0.39, 0.29) is 13.2 Å². The van der Waals surface area contributed by atoms with Crippen molar-refractivity contribution < 1.29 is 14.9 Å². The number of methoxy groups -OCH3 is 1. The molecule has 0 aliphatic heterocycles. The van der Waals surface area contributed by atoms with Gasteiger partial charge in [-0.1, -0.05) is 0 Å². The van der Waals surface area contributed by atoms with Crippen LogP contribution >= 0.6 is 0 Å². The number of hydrogen-bond donors (Lipinski definition) is 2. The highest BCUT2D eigenvalue weighted by Crippen LogP contribution is 2.23. The molecule has 0 aliphatic carbocycles. The van der Waals surface area contributed by atoms with E-state index in [4.69, 9.17) is 14.9 Å². The highest BCUT2D eigenvalue weighted by atomic mass is 16.5. The number of hydrogen-bond acceptors (Lipinski definition) is 4. The van der Waals surface area contributed by atoms with Crippen LogP contribution in [0, 0.1) is 6.92 Å². The van der Waals surface area contributed by atoms with E-state index >= 15 is 0 Å². The molecule has 1 aromatic carbocycles. The molecule has 4 heteroatoms. The molecule has 4 nitrogen and oxygen atoms in total. The average molecular weight is 225 g/mol. The minimum Gasteiger partial charge on any atom is -0.497 e. The topological polar surface area (TPSA) is 52.9 Å². The lowest BCUT2D eigenvalue weighted by molar-refractivity contribution is 0.281. The van der Waals surface area contributed by atoms with Crippen LogP contribution < -0.4 is 9.64 Å². The molecule has 0 aromatic heterocycles. The Hall–Kier alpha value is -1.26. The van der Waals surface area contributed by atoms with Crippen LogP contribution in [-0.4, -0.2) is 43.6 Å². The van der Waals surface area contributed by atoms with Crippen LogP contribution in [0.5, 0.6) is 5.75 Å². The van der Waals surface area contributed by atoms with Crippen LogP contribution in [0.3, 0.4) is 0 Å². The molecule has 0 fully saturated rings. The lowest BCUT2D eigenvalue weighted by atomic mass is 10.2. The summed E-state index contributed by atoms with van der Waals surface area (Å²) in [5, 5.41) is 17.9. The van der Waals surface area contributed by atoms with Gasteiger partial charge in [0.15, 0.2) is 0 Å². The third-order valence-electron chi connectivity index (χ3n) is 2.38. The Morgan fingerprint density at radius 3 is 2.25 bits per heavy atom. The zero-order chi connectivity index (χ0) is 12.0. The standard InChI is InChI=1S/C12H19NO3/c1-10-7-11(9-12(8-10)16-2)13(3-5-14)4-6-15/h7-9,14-15H,3-6H2,1-2H3. The van der Waals surface area contributed by atoms with E-state index in [2.05, 4.69) is 0 Å². The second-order valence-corrected chi connectivity index (χ2v) is 3.64. The normalized spacial score (nSPS) is 10.2. The van der Waals surface area contributed by atoms with Crippen LogP contribution in [0.1, 0.15) is 5.56 Å². The van der Waals surface area contributed by atoms with Gasteiger partial charge in [-0.25, -0.2) is 0 Å². The van der Waals surface area contributed by atoms with Gasteiger partial charge in [0.2, 0.25) is 0 Å². The predicted molar refractivity (Wildman–Crippen MR) is 64.1 cm³/mol. The van der Waals surface area contributed by atoms with E-state index in [0.29, 0.717) is 13.1 Å². The van der Waals surface area contributed by atoms with Gasteiger partial charge < -0.3 is 19.8 Å². The van der Waals surface area contributed by atoms with Crippen molar-refractivity contribution >= 4 is 5.69 Å². The molecule has 0 spiro atoms. The first-order chi connectivity index (χ1) is 7.71. The predicted octanol–water partition coefficient (Wildman–Crippen LogP) is 0.795. The summed E-state index contributed by atoms with van der Waals surface area (Å²) in [6.45, 7) is 3.13. The Morgan fingerprint density at radius 1 is 1.12 bits per heavy atom. The monoisotopic (exact) mass is 225 g/mol. The molecule has 0 heterocycles. The molecular formula is C12H19NO3. The van der Waals surface area contributed by atoms with Crippen LogP contribution in [-0.2, 0) is 0 Å². The molecule has 0 saturated carbocycles. The molecule has 0 unspecified atom stereocenters. The van der Waals surface area contributed by atoms with E-state index in [9.17, 15) is 0 Å². The van der Waals surface area contributed by atoms with Crippen molar-refractivity contribution in [3.05, 3.63) is 23.8 Å². The molecule has 0 radical (unpaired) electrons. The van der Waals surface area contributed by atoms with Crippen molar-refractivity contribution in [3.63, 3.8) is 0 Å². The lowest BCUT2D eigenvalue weighted by Gasteiger charge is -2.23. The second-order valence-electron chi connectivity index (χ2n) is 3.64. The molecular weight excluding hydrogens is 206 g/mol. The number of rotatable bonds is 6. The highest BCUT2D eigenvalue weighted by molar-refractivity contribution is 5.53. The fraction of sp³-hybridized carbons (Fsp3) is 0.500. The molecule has 2 N–H and O–H groups in total. The first-order valence-electron chi connectivity index (χ1n) is 5.33. The second kappa shape index (κ2) is 6.35. The Bertz CT molecular complexity index is 322. The quantitative estimate of drug-likeness (QED) is 0.751. The number of aliphatic hydroxyl groups is 2. The van der Waals surface area contributed by atoms with Crippen LogP contribution in [0.15, 0.2) is 18.2 Å². The number of aliphatic hydroxyl groups excluding tert-OH is 2. The van der Waals surface area contributed by atoms with Gasteiger partial charge in [0.1, 0.15) is 5.75 Å². The van der Waals surface area contributed by atoms with Crippen LogP contribution in [0.2, 0.25) is 0 Å². The minimum atomic E-state index is 0.0657. The molecule has 0 aliphatic rings. The van der Waals surface area contributed by atoms with E-state index in [0.717, 1.165) is 17.0 Å². The summed E-state index contributed by atoms with van der Waals surface area (Å²) >= 11 is 0. The smallest absolute Gasteiger partial charge is 0.121 e. The fourth-order valence-corrected chi connectivity index (χ4v) is 1.64. The van der Waals surface area contributed by atoms with E-state index in [1.165, 1.54) is 0 Å². The van der Waals surface area contributed by atoms with Gasteiger partial charge in [0.25, 0.3) is 0 Å². The summed E-state index contributed by atoms with van der Waals surface area (Å²) in [5.74, 6) is 0.788. The number of anilines is 1. The van der Waals surface area contributed by atoms with Gasteiger partial charge in [-0.3, -0.25) is 0 Å². The van der Waals surface area contributed by atoms with E-state index in [1.807, 2.05) is 30.0 Å². The summed E-state index contributed by atoms with van der Waals surface area (Å²) in [7, 11) is 1.63. The maximum atomic E-state index is 8.97. The molecule has 0 bridgehead atoms. The molecule has 1 aromatic rings. The highest BCUT2D eigenvalue weighted by Gasteiger charge is 2.07. The van der Waals surface area contributed by atoms with Crippen LogP contribution in [0.25, 0.3) is 0 Å². The first kappa shape index (κ1) is 12.8. The summed E-state index contributed by atoms with van der Waals surface area (Å²) in [5.41, 5.74) is 2.05. The van der Waals surface area contributed by atoms with Crippen molar-refractivity contribution in [2.75, 3.05) is 38.3 Å². The van der Waals surface area contributed by atoms with Gasteiger partial charge in [-0.05, 0) is 24.6 Å². The van der Waals surface area contributed by atoms with Crippen molar-refractivity contribution in [2.24, 2.45) is 0 Å². The van der Waals surface area contributed by atoms with Crippen molar-refractivity contribution in [2.45, 2.75) is 6.92 Å². The number of nitrogens with zero attached hydrogens (tertiary/aromatic N) is 1. The Kier molecular flexibility index (Phi) is 5.08.